The van der Waals surface area contributed by atoms with Gasteiger partial charge in [0.25, 0.3) is 0 Å². The highest BCUT2D eigenvalue weighted by atomic mass is 13.9. The Morgan fingerprint density at radius 1 is 0.889 bits per heavy atom. The van der Waals surface area contributed by atoms with Crippen LogP contribution < -0.4 is 0 Å². The SMILES string of the molecule is CC/C(C)=C(/C)CC.[B]. The predicted octanol–water partition coefficient (Wildman–Crippen LogP) is 2.76. The van der Waals surface area contributed by atoms with E-state index < -0.39 is 0 Å². The third kappa shape index (κ3) is 4.32. The molecule has 0 fully saturated rings. The third-order valence-corrected chi connectivity index (χ3v) is 1.79. The molecule has 0 unspecified atom stereocenters. The van der Waals surface area contributed by atoms with Crippen LogP contribution in [0.4, 0.5) is 0 Å². The quantitative estimate of drug-likeness (QED) is 0.391. The maximum Gasteiger partial charge on any atom is 0 e. The summed E-state index contributed by atoms with van der Waals surface area (Å²) in [7, 11) is 0. The lowest BCUT2D eigenvalue weighted by molar-refractivity contribution is 0.985. The van der Waals surface area contributed by atoms with Gasteiger partial charge in [-0.25, -0.2) is 0 Å². The highest BCUT2D eigenvalue weighted by Gasteiger charge is 1.88. The molecule has 0 aromatic rings. The first-order chi connectivity index (χ1) is 3.72. The van der Waals surface area contributed by atoms with Crippen LogP contribution in [0, 0.1) is 0 Å². The van der Waals surface area contributed by atoms with Crippen molar-refractivity contribution >= 4 is 8.41 Å². The lowest BCUT2D eigenvalue weighted by Gasteiger charge is -1.99. The van der Waals surface area contributed by atoms with Gasteiger partial charge >= 0.3 is 0 Å². The highest BCUT2D eigenvalue weighted by molar-refractivity contribution is 5.75. The molecule has 0 spiro atoms. The van der Waals surface area contributed by atoms with Gasteiger partial charge in [0.2, 0.25) is 0 Å². The van der Waals surface area contributed by atoms with E-state index in [-0.39, 0.29) is 8.41 Å². The minimum Gasteiger partial charge on any atom is -0.0747 e. The molecule has 0 aromatic heterocycles. The summed E-state index contributed by atoms with van der Waals surface area (Å²) in [5.41, 5.74) is 3.10. The standard InChI is InChI=1S/C8H16.B/c1-5-7(3)8(4)6-2;/h5-6H2,1-4H3;/b8-7-;. The Kier molecular flexibility index (Phi) is 7.64. The van der Waals surface area contributed by atoms with Gasteiger partial charge in [0.15, 0.2) is 0 Å². The number of allylic oxidation sites excluding steroid dienone is 2. The van der Waals surface area contributed by atoms with Gasteiger partial charge in [-0.05, 0) is 26.7 Å². The Balaban J connectivity index is 0. The van der Waals surface area contributed by atoms with Crippen LogP contribution in [0.15, 0.2) is 11.1 Å². The number of hydrogen-bond donors (Lipinski definition) is 0. The minimum absolute atomic E-state index is 0. The van der Waals surface area contributed by atoms with Crippen molar-refractivity contribution in [1.29, 1.82) is 0 Å². The summed E-state index contributed by atoms with van der Waals surface area (Å²) in [6, 6.07) is 0. The molecule has 0 aromatic carbocycles. The molecular formula is C8H16B. The molecule has 0 aliphatic rings. The first kappa shape index (κ1) is 11.6. The fourth-order valence-electron chi connectivity index (χ4n) is 0.604. The van der Waals surface area contributed by atoms with E-state index in [0.717, 1.165) is 0 Å². The Morgan fingerprint density at radius 3 is 1.22 bits per heavy atom. The molecule has 51 valence electrons. The second kappa shape index (κ2) is 5.93. The van der Waals surface area contributed by atoms with Crippen LogP contribution in [0.2, 0.25) is 0 Å². The molecule has 0 saturated heterocycles. The van der Waals surface area contributed by atoms with Gasteiger partial charge in [-0.3, -0.25) is 0 Å². The van der Waals surface area contributed by atoms with Crippen molar-refractivity contribution in [3.8, 4) is 0 Å². The zero-order valence-electron chi connectivity index (χ0n) is 6.99. The third-order valence-electron chi connectivity index (χ3n) is 1.79. The van der Waals surface area contributed by atoms with Gasteiger partial charge in [-0.15, -0.1) is 0 Å². The summed E-state index contributed by atoms with van der Waals surface area (Å²) >= 11 is 0. The summed E-state index contributed by atoms with van der Waals surface area (Å²) in [6.45, 7) is 8.82. The van der Waals surface area contributed by atoms with Crippen LogP contribution in [-0.4, -0.2) is 8.41 Å². The molecule has 0 nitrogen and oxygen atoms in total. The predicted molar refractivity (Wildman–Crippen MR) is 44.7 cm³/mol. The molecule has 0 atom stereocenters. The van der Waals surface area contributed by atoms with E-state index in [1.165, 1.54) is 12.8 Å². The molecule has 0 amide bonds. The Hall–Kier alpha value is -0.195. The monoisotopic (exact) mass is 123 g/mol. The second-order valence-electron chi connectivity index (χ2n) is 2.27. The summed E-state index contributed by atoms with van der Waals surface area (Å²) in [5.74, 6) is 0. The highest BCUT2D eigenvalue weighted by Crippen LogP contribution is 2.09. The molecule has 9 heavy (non-hydrogen) atoms. The fourth-order valence-corrected chi connectivity index (χ4v) is 0.604. The van der Waals surface area contributed by atoms with E-state index in [1.807, 2.05) is 0 Å². The Labute approximate surface area is 60.9 Å². The largest absolute Gasteiger partial charge is 0.0747 e. The minimum atomic E-state index is 0. The van der Waals surface area contributed by atoms with Gasteiger partial charge in [0, 0.05) is 8.41 Å². The second-order valence-corrected chi connectivity index (χ2v) is 2.27. The fraction of sp³-hybridized carbons (Fsp3) is 0.750. The lowest BCUT2D eigenvalue weighted by atomic mass is 10.1. The Bertz CT molecular complexity index is 80.7. The summed E-state index contributed by atoms with van der Waals surface area (Å²) in [5, 5.41) is 0. The maximum absolute atomic E-state index is 2.21. The van der Waals surface area contributed by atoms with Gasteiger partial charge in [-0.2, -0.15) is 0 Å². The molecule has 0 heterocycles. The first-order valence-electron chi connectivity index (χ1n) is 3.37. The summed E-state index contributed by atoms with van der Waals surface area (Å²) in [4.78, 5) is 0. The van der Waals surface area contributed by atoms with Gasteiger partial charge in [-0.1, -0.05) is 25.0 Å². The van der Waals surface area contributed by atoms with Crippen LogP contribution in [0.1, 0.15) is 40.5 Å². The zero-order valence-corrected chi connectivity index (χ0v) is 6.99. The zero-order chi connectivity index (χ0) is 6.57. The molecule has 0 bridgehead atoms. The van der Waals surface area contributed by atoms with E-state index in [9.17, 15) is 0 Å². The average Bonchev–Trinajstić information content (AvgIpc) is 1.84. The van der Waals surface area contributed by atoms with Crippen molar-refractivity contribution in [2.45, 2.75) is 40.5 Å². The first-order valence-corrected chi connectivity index (χ1v) is 3.37. The molecule has 0 N–H and O–H groups in total. The smallest absolute Gasteiger partial charge is 0 e. The van der Waals surface area contributed by atoms with Crippen LogP contribution >= 0.6 is 0 Å². The lowest BCUT2D eigenvalue weighted by Crippen LogP contribution is -1.78. The molecule has 1 heteroatoms. The molecule has 0 saturated carbocycles. The van der Waals surface area contributed by atoms with Gasteiger partial charge in [0.1, 0.15) is 0 Å². The molecule has 0 aliphatic carbocycles. The van der Waals surface area contributed by atoms with Gasteiger partial charge < -0.3 is 0 Å². The van der Waals surface area contributed by atoms with Crippen molar-refractivity contribution in [3.63, 3.8) is 0 Å². The van der Waals surface area contributed by atoms with E-state index in [4.69, 9.17) is 0 Å². The molecule has 0 aliphatic heterocycles. The van der Waals surface area contributed by atoms with Crippen molar-refractivity contribution in [2.75, 3.05) is 0 Å². The Morgan fingerprint density at radius 2 is 1.11 bits per heavy atom. The van der Waals surface area contributed by atoms with E-state index in [2.05, 4.69) is 27.7 Å². The van der Waals surface area contributed by atoms with Crippen molar-refractivity contribution in [3.05, 3.63) is 11.1 Å². The summed E-state index contributed by atoms with van der Waals surface area (Å²) in [6.07, 6.45) is 2.42. The average molecular weight is 123 g/mol. The molecule has 0 rings (SSSR count). The van der Waals surface area contributed by atoms with E-state index >= 15 is 0 Å². The van der Waals surface area contributed by atoms with Crippen molar-refractivity contribution in [2.24, 2.45) is 0 Å². The van der Waals surface area contributed by atoms with Crippen LogP contribution in [0.3, 0.4) is 0 Å². The number of hydrogen-bond acceptors (Lipinski definition) is 0. The van der Waals surface area contributed by atoms with E-state index in [0.29, 0.717) is 0 Å². The summed E-state index contributed by atoms with van der Waals surface area (Å²) < 4.78 is 0. The molecule has 3 radical (unpaired) electrons. The maximum atomic E-state index is 2.21. The van der Waals surface area contributed by atoms with Crippen LogP contribution in [0.5, 0.6) is 0 Å². The molecular weight excluding hydrogens is 107 g/mol. The normalized spacial score (nSPS) is 12.0. The topological polar surface area (TPSA) is 0 Å². The van der Waals surface area contributed by atoms with E-state index in [1.54, 1.807) is 11.1 Å². The van der Waals surface area contributed by atoms with Crippen molar-refractivity contribution < 1.29 is 0 Å². The van der Waals surface area contributed by atoms with Crippen LogP contribution in [-0.2, 0) is 0 Å². The van der Waals surface area contributed by atoms with Crippen LogP contribution in [0.25, 0.3) is 0 Å². The van der Waals surface area contributed by atoms with Gasteiger partial charge in [0.05, 0.1) is 0 Å². The van der Waals surface area contributed by atoms with Crippen molar-refractivity contribution in [1.82, 2.24) is 0 Å². The number of rotatable bonds is 2.